The summed E-state index contributed by atoms with van der Waals surface area (Å²) >= 11 is 0. The minimum Gasteiger partial charge on any atom is -1.00 e. The van der Waals surface area contributed by atoms with E-state index in [0.29, 0.717) is 5.41 Å². The second-order valence-corrected chi connectivity index (χ2v) is 3.56. The molecule has 11 heavy (non-hydrogen) atoms. The van der Waals surface area contributed by atoms with E-state index < -0.39 is 0 Å². The first-order valence-corrected chi connectivity index (χ1v) is 3.87. The molecule has 0 aromatic rings. The van der Waals surface area contributed by atoms with Crippen LogP contribution in [0.1, 0.15) is 47.5 Å². The molecule has 0 radical (unpaired) electrons. The minimum atomic E-state index is 0. The Kier molecular flexibility index (Phi) is 13.5. The van der Waals surface area contributed by atoms with Gasteiger partial charge in [-0.1, -0.05) is 34.6 Å². The third-order valence-electron chi connectivity index (χ3n) is 1.91. The first-order valence-electron chi connectivity index (χ1n) is 3.87. The van der Waals surface area contributed by atoms with Crippen LogP contribution in [0, 0.1) is 11.3 Å². The van der Waals surface area contributed by atoms with E-state index in [1.165, 1.54) is 12.8 Å². The van der Waals surface area contributed by atoms with Crippen LogP contribution in [0.25, 0.3) is 0 Å². The zero-order chi connectivity index (χ0) is 7.49. The monoisotopic (exact) mass is 278 g/mol. The first kappa shape index (κ1) is 18.3. The zero-order valence-corrected chi connectivity index (χ0v) is 12.1. The summed E-state index contributed by atoms with van der Waals surface area (Å²) in [6.07, 6.45) is 2.47. The van der Waals surface area contributed by atoms with Crippen LogP contribution < -0.4 is 24.0 Å². The maximum atomic E-state index is 2.29. The van der Waals surface area contributed by atoms with E-state index in [4.69, 9.17) is 0 Å². The number of hydrogen-bond donors (Lipinski definition) is 0. The molecule has 0 fully saturated rings. The van der Waals surface area contributed by atoms with Crippen LogP contribution in [-0.2, 0) is 0 Å². The van der Waals surface area contributed by atoms with Gasteiger partial charge in [-0.15, -0.1) is 0 Å². The van der Waals surface area contributed by atoms with Crippen molar-refractivity contribution in [3.05, 3.63) is 5.92 Å². The summed E-state index contributed by atoms with van der Waals surface area (Å²) in [7, 11) is 0. The molecule has 0 saturated heterocycles. The fourth-order valence-electron chi connectivity index (χ4n) is 1.31. The van der Waals surface area contributed by atoms with Gasteiger partial charge in [-0.05, 0) is 0 Å². The van der Waals surface area contributed by atoms with Crippen LogP contribution in [0.3, 0.4) is 0 Å². The third kappa shape index (κ3) is 7.84. The standard InChI is InChI=1S/C9H19.HI.Mg/c1-6-8(7-2)9(3,4)5;;/h6-7H2,1-5H3;1H;/q-1;;+2/p-1. The molecular formula is C9H19IMg. The molecule has 0 spiro atoms. The van der Waals surface area contributed by atoms with E-state index in [9.17, 15) is 0 Å². The van der Waals surface area contributed by atoms with E-state index in [0.717, 1.165) is 0 Å². The van der Waals surface area contributed by atoms with E-state index in [2.05, 4.69) is 34.6 Å². The maximum Gasteiger partial charge on any atom is 2.00 e. The summed E-state index contributed by atoms with van der Waals surface area (Å²) in [5.41, 5.74) is 0.434. The molecule has 0 unspecified atom stereocenters. The molecular weight excluding hydrogens is 259 g/mol. The Hall–Kier alpha value is 1.50. The molecule has 0 bridgehead atoms. The van der Waals surface area contributed by atoms with Crippen LogP contribution in [0.4, 0.5) is 0 Å². The Morgan fingerprint density at radius 2 is 1.27 bits per heavy atom. The topological polar surface area (TPSA) is 0 Å². The molecule has 0 nitrogen and oxygen atoms in total. The molecule has 0 atom stereocenters. The van der Waals surface area contributed by atoms with Gasteiger partial charge in [0.15, 0.2) is 0 Å². The molecule has 0 aromatic carbocycles. The van der Waals surface area contributed by atoms with Crippen molar-refractivity contribution in [3.63, 3.8) is 0 Å². The van der Waals surface area contributed by atoms with Gasteiger partial charge in [-0.25, -0.2) is 0 Å². The molecule has 0 aliphatic carbocycles. The van der Waals surface area contributed by atoms with Crippen molar-refractivity contribution in [1.29, 1.82) is 0 Å². The molecule has 0 aliphatic rings. The largest absolute Gasteiger partial charge is 2.00 e. The van der Waals surface area contributed by atoms with Crippen molar-refractivity contribution in [2.45, 2.75) is 47.5 Å². The average Bonchev–Trinajstić information content (AvgIpc) is 1.65. The molecule has 0 heterocycles. The molecule has 0 aliphatic heterocycles. The second kappa shape index (κ2) is 8.11. The Morgan fingerprint density at radius 3 is 1.27 bits per heavy atom. The van der Waals surface area contributed by atoms with Crippen LogP contribution >= 0.6 is 0 Å². The average molecular weight is 278 g/mol. The van der Waals surface area contributed by atoms with Crippen LogP contribution in [0.15, 0.2) is 0 Å². The quantitative estimate of drug-likeness (QED) is 0.380. The van der Waals surface area contributed by atoms with Crippen molar-refractivity contribution in [2.75, 3.05) is 0 Å². The molecule has 0 amide bonds. The van der Waals surface area contributed by atoms with Crippen LogP contribution in [-0.4, -0.2) is 23.1 Å². The van der Waals surface area contributed by atoms with E-state index in [1.807, 2.05) is 0 Å². The predicted octanol–water partition coefficient (Wildman–Crippen LogP) is 0.0502. The summed E-state index contributed by atoms with van der Waals surface area (Å²) in [5.74, 6) is 1.67. The number of hydrogen-bond acceptors (Lipinski definition) is 0. The smallest absolute Gasteiger partial charge is 1.00 e. The summed E-state index contributed by atoms with van der Waals surface area (Å²) in [4.78, 5) is 0. The minimum absolute atomic E-state index is 0. The van der Waals surface area contributed by atoms with Gasteiger partial charge in [0.1, 0.15) is 0 Å². The van der Waals surface area contributed by atoms with Crippen molar-refractivity contribution in [3.8, 4) is 0 Å². The fourth-order valence-corrected chi connectivity index (χ4v) is 1.31. The van der Waals surface area contributed by atoms with Gasteiger partial charge in [-0.3, -0.25) is 0 Å². The number of halogens is 1. The Bertz CT molecular complexity index is 72.1. The van der Waals surface area contributed by atoms with Crippen LogP contribution in [0.2, 0.25) is 0 Å². The SMILES string of the molecule is CC[C-](CC)C(C)(C)C.[I-].[Mg+2]. The van der Waals surface area contributed by atoms with Gasteiger partial charge >= 0.3 is 23.1 Å². The van der Waals surface area contributed by atoms with E-state index >= 15 is 0 Å². The van der Waals surface area contributed by atoms with Crippen molar-refractivity contribution in [1.82, 2.24) is 0 Å². The van der Waals surface area contributed by atoms with Crippen molar-refractivity contribution >= 4 is 23.1 Å². The summed E-state index contributed by atoms with van der Waals surface area (Å²) < 4.78 is 0. The van der Waals surface area contributed by atoms with E-state index in [1.54, 1.807) is 5.92 Å². The van der Waals surface area contributed by atoms with Crippen LogP contribution in [0.5, 0.6) is 0 Å². The zero-order valence-electron chi connectivity index (χ0n) is 8.50. The maximum absolute atomic E-state index is 2.29. The Balaban J connectivity index is -0.000000320. The molecule has 0 saturated carbocycles. The molecule has 64 valence electrons. The summed E-state index contributed by atoms with van der Waals surface area (Å²) in [5, 5.41) is 0. The van der Waals surface area contributed by atoms with Gasteiger partial charge in [0.25, 0.3) is 0 Å². The van der Waals surface area contributed by atoms with Gasteiger partial charge in [-0.2, -0.15) is 18.3 Å². The van der Waals surface area contributed by atoms with Gasteiger partial charge in [0.05, 0.1) is 0 Å². The van der Waals surface area contributed by atoms with Crippen molar-refractivity contribution < 1.29 is 24.0 Å². The first-order chi connectivity index (χ1) is 4.02. The fraction of sp³-hybridized carbons (Fsp3) is 0.889. The van der Waals surface area contributed by atoms with Crippen molar-refractivity contribution in [2.24, 2.45) is 5.41 Å². The molecule has 0 N–H and O–H groups in total. The molecule has 0 aromatic heterocycles. The Morgan fingerprint density at radius 1 is 1.00 bits per heavy atom. The van der Waals surface area contributed by atoms with Gasteiger partial charge in [0.2, 0.25) is 0 Å². The summed E-state index contributed by atoms with van der Waals surface area (Å²) in [6.45, 7) is 11.3. The Labute approximate surface area is 105 Å². The van der Waals surface area contributed by atoms with Gasteiger partial charge in [0, 0.05) is 0 Å². The third-order valence-corrected chi connectivity index (χ3v) is 1.91. The molecule has 0 rings (SSSR count). The number of rotatable bonds is 2. The predicted molar refractivity (Wildman–Crippen MR) is 49.0 cm³/mol. The summed E-state index contributed by atoms with van der Waals surface area (Å²) in [6, 6.07) is 0. The normalized spacial score (nSPS) is 10.4. The van der Waals surface area contributed by atoms with E-state index in [-0.39, 0.29) is 47.0 Å². The second-order valence-electron chi connectivity index (χ2n) is 3.56. The molecule has 2 heteroatoms. The van der Waals surface area contributed by atoms with Gasteiger partial charge < -0.3 is 29.9 Å².